The van der Waals surface area contributed by atoms with Crippen molar-refractivity contribution in [1.29, 1.82) is 0 Å². The zero-order valence-electron chi connectivity index (χ0n) is 9.61. The second kappa shape index (κ2) is 5.06. The lowest BCUT2D eigenvalue weighted by atomic mass is 9.94. The molecule has 3 N–H and O–H groups in total. The molecule has 0 aromatic heterocycles. The molecule has 1 heterocycles. The summed E-state index contributed by atoms with van der Waals surface area (Å²) < 4.78 is 4.94. The largest absolute Gasteiger partial charge is 0.377 e. The smallest absolute Gasteiger partial charge is 0.257 e. The second-order valence-electron chi connectivity index (χ2n) is 4.42. The number of imide groups is 1. The Balaban J connectivity index is 1.90. The molecule has 0 saturated carbocycles. The monoisotopic (exact) mass is 268 g/mol. The van der Waals surface area contributed by atoms with Crippen LogP contribution in [0.2, 0.25) is 5.02 Å². The molecule has 1 fully saturated rings. The molecule has 5 nitrogen and oxygen atoms in total. The lowest BCUT2D eigenvalue weighted by Crippen LogP contribution is -2.59. The highest BCUT2D eigenvalue weighted by Crippen LogP contribution is 2.17. The number of amides is 2. The zero-order chi connectivity index (χ0) is 13.2. The van der Waals surface area contributed by atoms with Crippen LogP contribution in [0.25, 0.3) is 0 Å². The number of ether oxygens (including phenoxy) is 1. The maximum atomic E-state index is 11.7. The molecule has 6 heteroatoms. The summed E-state index contributed by atoms with van der Waals surface area (Å²) in [6, 6.07) is 6.28. The van der Waals surface area contributed by atoms with Crippen LogP contribution in [0.5, 0.6) is 0 Å². The molecule has 1 aromatic carbocycles. The fourth-order valence-corrected chi connectivity index (χ4v) is 1.76. The number of carbonyl (C=O) groups is 2. The first-order valence-electron chi connectivity index (χ1n) is 5.45. The van der Waals surface area contributed by atoms with Gasteiger partial charge in [0.05, 0.1) is 18.8 Å². The molecule has 2 rings (SSSR count). The van der Waals surface area contributed by atoms with Gasteiger partial charge in [0.15, 0.2) is 0 Å². The van der Waals surface area contributed by atoms with Gasteiger partial charge in [-0.1, -0.05) is 11.6 Å². The van der Waals surface area contributed by atoms with Crippen LogP contribution in [0.4, 0.5) is 0 Å². The van der Waals surface area contributed by atoms with Gasteiger partial charge in [-0.05, 0) is 24.3 Å². The van der Waals surface area contributed by atoms with Crippen molar-refractivity contribution in [2.45, 2.75) is 12.0 Å². The first kappa shape index (κ1) is 13.0. The average molecular weight is 269 g/mol. The lowest BCUT2D eigenvalue weighted by molar-refractivity contribution is -0.127. The number of halogens is 1. The van der Waals surface area contributed by atoms with Crippen LogP contribution in [-0.2, 0) is 9.53 Å². The van der Waals surface area contributed by atoms with E-state index in [1.54, 1.807) is 24.3 Å². The highest BCUT2D eigenvalue weighted by atomic mass is 35.5. The Labute approximate surface area is 109 Å². The van der Waals surface area contributed by atoms with Gasteiger partial charge in [-0.3, -0.25) is 14.9 Å². The van der Waals surface area contributed by atoms with E-state index in [2.05, 4.69) is 5.32 Å². The van der Waals surface area contributed by atoms with Gasteiger partial charge in [0.2, 0.25) is 5.91 Å². The van der Waals surface area contributed by atoms with Gasteiger partial charge >= 0.3 is 0 Å². The van der Waals surface area contributed by atoms with E-state index in [1.165, 1.54) is 0 Å². The summed E-state index contributed by atoms with van der Waals surface area (Å²) in [5.74, 6) is -0.860. The van der Waals surface area contributed by atoms with Gasteiger partial charge < -0.3 is 10.5 Å². The van der Waals surface area contributed by atoms with Crippen LogP contribution in [0.15, 0.2) is 24.3 Å². The van der Waals surface area contributed by atoms with Gasteiger partial charge in [-0.25, -0.2) is 0 Å². The third kappa shape index (κ3) is 3.07. The molecular formula is C12H13ClN2O3. The minimum absolute atomic E-state index is 0.0757. The van der Waals surface area contributed by atoms with Crippen LogP contribution in [0.1, 0.15) is 16.8 Å². The van der Waals surface area contributed by atoms with E-state index >= 15 is 0 Å². The molecular weight excluding hydrogens is 256 g/mol. The summed E-state index contributed by atoms with van der Waals surface area (Å²) >= 11 is 5.71. The third-order valence-electron chi connectivity index (χ3n) is 2.65. The average Bonchev–Trinajstić information content (AvgIpc) is 2.27. The van der Waals surface area contributed by atoms with Crippen molar-refractivity contribution in [3.05, 3.63) is 34.9 Å². The Hall–Kier alpha value is -1.43. The molecule has 0 atom stereocenters. The number of nitrogens with two attached hydrogens (primary N) is 1. The minimum atomic E-state index is -0.635. The van der Waals surface area contributed by atoms with E-state index in [-0.39, 0.29) is 6.42 Å². The van der Waals surface area contributed by atoms with Gasteiger partial charge in [-0.2, -0.15) is 0 Å². The Morgan fingerprint density at radius 1 is 1.33 bits per heavy atom. The van der Waals surface area contributed by atoms with Crippen LogP contribution < -0.4 is 11.1 Å². The predicted molar refractivity (Wildman–Crippen MR) is 66.3 cm³/mol. The highest BCUT2D eigenvalue weighted by molar-refractivity contribution is 6.30. The molecule has 96 valence electrons. The molecule has 1 saturated heterocycles. The minimum Gasteiger partial charge on any atom is -0.377 e. The van der Waals surface area contributed by atoms with Crippen LogP contribution in [-0.4, -0.2) is 30.6 Å². The fourth-order valence-electron chi connectivity index (χ4n) is 1.63. The Morgan fingerprint density at radius 2 is 1.94 bits per heavy atom. The Kier molecular flexibility index (Phi) is 3.65. The summed E-state index contributed by atoms with van der Waals surface area (Å²) in [6.07, 6.45) is 0.0757. The molecule has 0 bridgehead atoms. The van der Waals surface area contributed by atoms with Crippen molar-refractivity contribution < 1.29 is 14.3 Å². The molecule has 1 aliphatic rings. The number of benzene rings is 1. The number of hydrogen-bond acceptors (Lipinski definition) is 4. The van der Waals surface area contributed by atoms with Crippen molar-refractivity contribution in [3.8, 4) is 0 Å². The fraction of sp³-hybridized carbons (Fsp3) is 0.333. The van der Waals surface area contributed by atoms with Crippen molar-refractivity contribution >= 4 is 23.4 Å². The molecule has 1 aromatic rings. The number of carbonyl (C=O) groups excluding carboxylic acids is 2. The van der Waals surface area contributed by atoms with Gasteiger partial charge in [0.1, 0.15) is 0 Å². The first-order valence-corrected chi connectivity index (χ1v) is 5.83. The summed E-state index contributed by atoms with van der Waals surface area (Å²) in [6.45, 7) is 0.686. The molecule has 2 amide bonds. The maximum absolute atomic E-state index is 11.7. The van der Waals surface area contributed by atoms with Gasteiger partial charge in [-0.15, -0.1) is 0 Å². The van der Waals surface area contributed by atoms with Crippen LogP contribution >= 0.6 is 11.6 Å². The van der Waals surface area contributed by atoms with Crippen LogP contribution in [0.3, 0.4) is 0 Å². The quantitative estimate of drug-likeness (QED) is 0.846. The number of nitrogens with one attached hydrogen (secondary N) is 1. The van der Waals surface area contributed by atoms with E-state index in [0.29, 0.717) is 23.8 Å². The Morgan fingerprint density at radius 3 is 2.44 bits per heavy atom. The summed E-state index contributed by atoms with van der Waals surface area (Å²) in [4.78, 5) is 23.3. The lowest BCUT2D eigenvalue weighted by Gasteiger charge is -2.36. The zero-order valence-corrected chi connectivity index (χ0v) is 10.4. The maximum Gasteiger partial charge on any atom is 0.257 e. The van der Waals surface area contributed by atoms with E-state index in [1.807, 2.05) is 0 Å². The molecule has 0 spiro atoms. The number of hydrogen-bond donors (Lipinski definition) is 2. The molecule has 0 unspecified atom stereocenters. The van der Waals surface area contributed by atoms with Crippen molar-refractivity contribution in [1.82, 2.24) is 5.32 Å². The first-order chi connectivity index (χ1) is 8.48. The summed E-state index contributed by atoms with van der Waals surface area (Å²) in [7, 11) is 0. The van der Waals surface area contributed by atoms with E-state index in [4.69, 9.17) is 22.1 Å². The van der Waals surface area contributed by atoms with Crippen molar-refractivity contribution in [3.63, 3.8) is 0 Å². The van der Waals surface area contributed by atoms with E-state index in [0.717, 1.165) is 0 Å². The third-order valence-corrected chi connectivity index (χ3v) is 2.90. The van der Waals surface area contributed by atoms with E-state index < -0.39 is 17.4 Å². The van der Waals surface area contributed by atoms with E-state index in [9.17, 15) is 9.59 Å². The summed E-state index contributed by atoms with van der Waals surface area (Å²) in [5.41, 5.74) is 5.57. The SMILES string of the molecule is NC1(CC(=O)NC(=O)c2ccc(Cl)cc2)COC1. The standard InChI is InChI=1S/C12H13ClN2O3/c13-9-3-1-8(2-4-9)11(17)15-10(16)5-12(14)6-18-7-12/h1-4H,5-7,14H2,(H,15,16,17). The summed E-state index contributed by atoms with van der Waals surface area (Å²) in [5, 5.41) is 2.82. The topological polar surface area (TPSA) is 81.4 Å². The molecule has 0 radical (unpaired) electrons. The number of rotatable bonds is 3. The molecule has 0 aliphatic carbocycles. The predicted octanol–water partition coefficient (Wildman–Crippen LogP) is 0.714. The van der Waals surface area contributed by atoms with Gasteiger partial charge in [0, 0.05) is 17.0 Å². The van der Waals surface area contributed by atoms with Crippen LogP contribution in [0, 0.1) is 0 Å². The van der Waals surface area contributed by atoms with Gasteiger partial charge in [0.25, 0.3) is 5.91 Å². The molecule has 1 aliphatic heterocycles. The Bertz CT molecular complexity index is 469. The normalized spacial score (nSPS) is 16.8. The van der Waals surface area contributed by atoms with Crippen molar-refractivity contribution in [2.24, 2.45) is 5.73 Å². The molecule has 18 heavy (non-hydrogen) atoms. The van der Waals surface area contributed by atoms with Crippen molar-refractivity contribution in [2.75, 3.05) is 13.2 Å². The second-order valence-corrected chi connectivity index (χ2v) is 4.85. The highest BCUT2D eigenvalue weighted by Gasteiger charge is 2.36.